The summed E-state index contributed by atoms with van der Waals surface area (Å²) in [6.07, 6.45) is 5.00. The highest BCUT2D eigenvalue weighted by atomic mass is 35.5. The monoisotopic (exact) mass is 286 g/mol. The smallest absolute Gasteiger partial charge is 0.0595 e. The van der Waals surface area contributed by atoms with Gasteiger partial charge in [0, 0.05) is 6.04 Å². The van der Waals surface area contributed by atoms with E-state index in [4.69, 9.17) is 29.0 Å². The predicted octanol–water partition coefficient (Wildman–Crippen LogP) is 4.32. The first-order valence-electron chi connectivity index (χ1n) is 6.53. The van der Waals surface area contributed by atoms with Gasteiger partial charge in [0.2, 0.25) is 0 Å². The first-order valence-corrected chi connectivity index (χ1v) is 7.28. The van der Waals surface area contributed by atoms with Gasteiger partial charge in [0.15, 0.2) is 0 Å². The van der Waals surface area contributed by atoms with Crippen LogP contribution in [0.25, 0.3) is 0 Å². The maximum absolute atomic E-state index is 6.08. The molecule has 0 amide bonds. The summed E-state index contributed by atoms with van der Waals surface area (Å²) in [6, 6.07) is 5.95. The second-order valence-corrected chi connectivity index (χ2v) is 6.15. The van der Waals surface area contributed by atoms with E-state index < -0.39 is 0 Å². The van der Waals surface area contributed by atoms with E-state index in [0.29, 0.717) is 16.0 Å². The summed E-state index contributed by atoms with van der Waals surface area (Å²) in [5.41, 5.74) is 4.08. The Kier molecular flexibility index (Phi) is 4.91. The van der Waals surface area contributed by atoms with Crippen LogP contribution in [0.15, 0.2) is 18.2 Å². The Morgan fingerprint density at radius 2 is 1.83 bits per heavy atom. The van der Waals surface area contributed by atoms with E-state index in [-0.39, 0.29) is 6.04 Å². The normalized spacial score (nSPS) is 26.0. The number of hydrazine groups is 1. The van der Waals surface area contributed by atoms with E-state index in [1.807, 2.05) is 18.2 Å². The Morgan fingerprint density at radius 3 is 2.39 bits per heavy atom. The lowest BCUT2D eigenvalue weighted by molar-refractivity contribution is 0.232. The molecule has 0 saturated heterocycles. The second-order valence-electron chi connectivity index (χ2n) is 5.34. The molecule has 3 N–H and O–H groups in total. The zero-order valence-electron chi connectivity index (χ0n) is 10.6. The molecule has 1 aliphatic carbocycles. The first-order chi connectivity index (χ1) is 8.61. The van der Waals surface area contributed by atoms with Crippen molar-refractivity contribution >= 4 is 23.2 Å². The van der Waals surface area contributed by atoms with Gasteiger partial charge in [0.05, 0.1) is 10.0 Å². The molecule has 0 aliphatic heterocycles. The van der Waals surface area contributed by atoms with Gasteiger partial charge in [-0.05, 0) is 42.4 Å². The minimum Gasteiger partial charge on any atom is -0.271 e. The van der Waals surface area contributed by atoms with Gasteiger partial charge in [-0.2, -0.15) is 0 Å². The van der Waals surface area contributed by atoms with E-state index >= 15 is 0 Å². The molecule has 1 aliphatic rings. The third-order valence-electron chi connectivity index (χ3n) is 4.01. The number of rotatable bonds is 3. The summed E-state index contributed by atoms with van der Waals surface area (Å²) < 4.78 is 0. The van der Waals surface area contributed by atoms with Crippen LogP contribution in [0.3, 0.4) is 0 Å². The van der Waals surface area contributed by atoms with Crippen LogP contribution in [-0.2, 0) is 0 Å². The van der Waals surface area contributed by atoms with Crippen molar-refractivity contribution in [2.45, 2.75) is 38.6 Å². The fourth-order valence-corrected chi connectivity index (χ4v) is 3.14. The van der Waals surface area contributed by atoms with Gasteiger partial charge in [-0.3, -0.25) is 11.3 Å². The van der Waals surface area contributed by atoms with Crippen LogP contribution in [0.2, 0.25) is 10.0 Å². The number of halogens is 2. The minimum atomic E-state index is 0.173. The van der Waals surface area contributed by atoms with Crippen molar-refractivity contribution in [2.24, 2.45) is 17.7 Å². The Hall–Kier alpha value is -0.280. The average molecular weight is 287 g/mol. The Bertz CT molecular complexity index is 401. The Morgan fingerprint density at radius 1 is 1.17 bits per heavy atom. The molecule has 100 valence electrons. The topological polar surface area (TPSA) is 38.0 Å². The third-order valence-corrected chi connectivity index (χ3v) is 4.75. The molecule has 0 aromatic heterocycles. The second kappa shape index (κ2) is 6.25. The predicted molar refractivity (Wildman–Crippen MR) is 77.6 cm³/mol. The minimum absolute atomic E-state index is 0.173. The average Bonchev–Trinajstić information content (AvgIpc) is 2.37. The van der Waals surface area contributed by atoms with Crippen molar-refractivity contribution in [3.63, 3.8) is 0 Å². The summed E-state index contributed by atoms with van der Waals surface area (Å²) in [5, 5.41) is 1.19. The highest BCUT2D eigenvalue weighted by Crippen LogP contribution is 2.37. The lowest BCUT2D eigenvalue weighted by atomic mass is 9.77. The van der Waals surface area contributed by atoms with Gasteiger partial charge in [0.25, 0.3) is 0 Å². The number of nitrogens with one attached hydrogen (secondary N) is 1. The summed E-state index contributed by atoms with van der Waals surface area (Å²) in [6.45, 7) is 2.32. The van der Waals surface area contributed by atoms with Crippen molar-refractivity contribution in [2.75, 3.05) is 0 Å². The SMILES string of the molecule is CC1CCC(C(NN)c2ccc(Cl)c(Cl)c2)CC1. The van der Waals surface area contributed by atoms with Crippen molar-refractivity contribution in [3.05, 3.63) is 33.8 Å². The molecular formula is C14H20Cl2N2. The number of nitrogens with two attached hydrogens (primary N) is 1. The maximum Gasteiger partial charge on any atom is 0.0595 e. The van der Waals surface area contributed by atoms with Crippen molar-refractivity contribution in [1.82, 2.24) is 5.43 Å². The Balaban J connectivity index is 2.14. The van der Waals surface area contributed by atoms with Crippen LogP contribution in [0.1, 0.15) is 44.2 Å². The zero-order valence-corrected chi connectivity index (χ0v) is 12.1. The van der Waals surface area contributed by atoms with Gasteiger partial charge >= 0.3 is 0 Å². The fraction of sp³-hybridized carbons (Fsp3) is 0.571. The van der Waals surface area contributed by atoms with E-state index in [0.717, 1.165) is 11.5 Å². The number of hydrogen-bond donors (Lipinski definition) is 2. The lowest BCUT2D eigenvalue weighted by Crippen LogP contribution is -2.35. The lowest BCUT2D eigenvalue weighted by Gasteiger charge is -2.32. The van der Waals surface area contributed by atoms with Crippen LogP contribution in [0.4, 0.5) is 0 Å². The standard InChI is InChI=1S/C14H20Cl2N2/c1-9-2-4-10(5-3-9)14(18-17)11-6-7-12(15)13(16)8-11/h6-10,14,18H,2-5,17H2,1H3. The fourth-order valence-electron chi connectivity index (χ4n) is 2.83. The van der Waals surface area contributed by atoms with E-state index in [1.165, 1.54) is 25.7 Å². The molecule has 0 radical (unpaired) electrons. The molecule has 1 atom stereocenters. The molecule has 0 spiro atoms. The molecule has 1 aromatic carbocycles. The van der Waals surface area contributed by atoms with Crippen molar-refractivity contribution < 1.29 is 0 Å². The zero-order chi connectivity index (χ0) is 13.1. The summed E-state index contributed by atoms with van der Waals surface area (Å²) in [7, 11) is 0. The molecule has 1 unspecified atom stereocenters. The molecule has 18 heavy (non-hydrogen) atoms. The summed E-state index contributed by atoms with van der Waals surface area (Å²) in [5.74, 6) is 7.16. The summed E-state index contributed by atoms with van der Waals surface area (Å²) in [4.78, 5) is 0. The van der Waals surface area contributed by atoms with Crippen molar-refractivity contribution in [3.8, 4) is 0 Å². The van der Waals surface area contributed by atoms with Crippen LogP contribution in [-0.4, -0.2) is 0 Å². The van der Waals surface area contributed by atoms with Gasteiger partial charge in [-0.25, -0.2) is 0 Å². The third kappa shape index (κ3) is 3.18. The maximum atomic E-state index is 6.08. The Labute approximate surface area is 119 Å². The quantitative estimate of drug-likeness (QED) is 0.641. The molecule has 2 rings (SSSR count). The number of hydrogen-bond acceptors (Lipinski definition) is 2. The molecule has 4 heteroatoms. The number of benzene rings is 1. The van der Waals surface area contributed by atoms with Crippen LogP contribution in [0, 0.1) is 11.8 Å². The van der Waals surface area contributed by atoms with Crippen LogP contribution >= 0.6 is 23.2 Å². The molecule has 2 nitrogen and oxygen atoms in total. The highest BCUT2D eigenvalue weighted by molar-refractivity contribution is 6.42. The molecular weight excluding hydrogens is 267 g/mol. The first kappa shape index (κ1) is 14.1. The summed E-state index contributed by atoms with van der Waals surface area (Å²) >= 11 is 12.0. The van der Waals surface area contributed by atoms with Crippen LogP contribution < -0.4 is 11.3 Å². The van der Waals surface area contributed by atoms with Gasteiger partial charge < -0.3 is 0 Å². The van der Waals surface area contributed by atoms with E-state index in [2.05, 4.69) is 12.3 Å². The molecule has 1 fully saturated rings. The molecule has 1 aromatic rings. The van der Waals surface area contributed by atoms with E-state index in [1.54, 1.807) is 0 Å². The largest absolute Gasteiger partial charge is 0.271 e. The van der Waals surface area contributed by atoms with E-state index in [9.17, 15) is 0 Å². The van der Waals surface area contributed by atoms with Gasteiger partial charge in [-0.15, -0.1) is 0 Å². The van der Waals surface area contributed by atoms with Gasteiger partial charge in [-0.1, -0.05) is 49.0 Å². The molecule has 0 heterocycles. The van der Waals surface area contributed by atoms with Crippen molar-refractivity contribution in [1.29, 1.82) is 0 Å². The highest BCUT2D eigenvalue weighted by Gasteiger charge is 2.26. The van der Waals surface area contributed by atoms with Crippen LogP contribution in [0.5, 0.6) is 0 Å². The molecule has 1 saturated carbocycles. The molecule has 0 bridgehead atoms. The van der Waals surface area contributed by atoms with Gasteiger partial charge in [0.1, 0.15) is 0 Å².